The molecule has 148 valence electrons. The van der Waals surface area contributed by atoms with Crippen molar-refractivity contribution in [2.45, 2.75) is 18.8 Å². The summed E-state index contributed by atoms with van der Waals surface area (Å²) < 4.78 is 14.0. The molecule has 9 heteroatoms. The maximum absolute atomic E-state index is 14.0. The van der Waals surface area contributed by atoms with E-state index in [1.165, 1.54) is 0 Å². The third kappa shape index (κ3) is 3.32. The zero-order chi connectivity index (χ0) is 20.0. The molecule has 1 saturated heterocycles. The second kappa shape index (κ2) is 6.91. The van der Waals surface area contributed by atoms with Crippen molar-refractivity contribution in [3.63, 3.8) is 0 Å². The second-order valence-electron chi connectivity index (χ2n) is 7.40. The number of anilines is 1. The number of amides is 1. The smallest absolute Gasteiger partial charge is 0.288 e. The lowest BCUT2D eigenvalue weighted by molar-refractivity contribution is 0.0746. The molecule has 2 fully saturated rings. The fourth-order valence-corrected chi connectivity index (χ4v) is 3.64. The van der Waals surface area contributed by atoms with Crippen LogP contribution in [-0.4, -0.2) is 56.9 Å². The van der Waals surface area contributed by atoms with E-state index in [2.05, 4.69) is 19.9 Å². The Labute approximate surface area is 165 Å². The molecule has 1 saturated carbocycles. The Morgan fingerprint density at radius 3 is 2.52 bits per heavy atom. The number of H-pyrrole nitrogens is 1. The van der Waals surface area contributed by atoms with Gasteiger partial charge in [0.1, 0.15) is 0 Å². The van der Waals surface area contributed by atoms with Gasteiger partial charge in [-0.25, -0.2) is 4.98 Å². The third-order valence-corrected chi connectivity index (χ3v) is 5.42. The van der Waals surface area contributed by atoms with Crippen LogP contribution in [-0.2, 0) is 0 Å². The number of benzene rings is 1. The van der Waals surface area contributed by atoms with Gasteiger partial charge >= 0.3 is 0 Å². The second-order valence-corrected chi connectivity index (χ2v) is 7.40. The maximum Gasteiger partial charge on any atom is 0.288 e. The van der Waals surface area contributed by atoms with E-state index in [1.54, 1.807) is 35.5 Å². The van der Waals surface area contributed by atoms with E-state index in [-0.39, 0.29) is 17.5 Å². The fourth-order valence-electron chi connectivity index (χ4n) is 3.64. The highest BCUT2D eigenvalue weighted by molar-refractivity contribution is 5.97. The van der Waals surface area contributed by atoms with Crippen LogP contribution in [0.25, 0.3) is 11.0 Å². The maximum atomic E-state index is 14.0. The van der Waals surface area contributed by atoms with Gasteiger partial charge in [0.2, 0.25) is 11.8 Å². The molecule has 8 nitrogen and oxygen atoms in total. The first-order chi connectivity index (χ1) is 14.1. The van der Waals surface area contributed by atoms with Crippen LogP contribution in [0.4, 0.5) is 10.3 Å². The Bertz CT molecular complexity index is 1150. The van der Waals surface area contributed by atoms with Crippen LogP contribution in [0.1, 0.15) is 34.8 Å². The van der Waals surface area contributed by atoms with Gasteiger partial charge in [-0.1, -0.05) is 0 Å². The van der Waals surface area contributed by atoms with Gasteiger partial charge in [0.15, 0.2) is 0 Å². The monoisotopic (exact) mass is 394 g/mol. The highest BCUT2D eigenvalue weighted by atomic mass is 19.1. The largest absolute Gasteiger partial charge is 0.339 e. The van der Waals surface area contributed by atoms with Gasteiger partial charge in [-0.2, -0.15) is 4.39 Å². The minimum Gasteiger partial charge on any atom is -0.339 e. The van der Waals surface area contributed by atoms with Crippen LogP contribution >= 0.6 is 0 Å². The number of rotatable bonds is 3. The van der Waals surface area contributed by atoms with Gasteiger partial charge < -0.3 is 9.80 Å². The first-order valence-electron chi connectivity index (χ1n) is 9.65. The average Bonchev–Trinajstić information content (AvgIpc) is 3.60. The zero-order valence-electron chi connectivity index (χ0n) is 15.6. The molecule has 0 spiro atoms. The molecule has 29 heavy (non-hydrogen) atoms. The highest BCUT2D eigenvalue weighted by Gasteiger charge is 2.31. The van der Waals surface area contributed by atoms with Gasteiger partial charge in [-0.05, 0) is 31.0 Å². The molecule has 0 bridgehead atoms. The number of hydrogen-bond donors (Lipinski definition) is 1. The van der Waals surface area contributed by atoms with E-state index in [9.17, 15) is 14.0 Å². The Balaban J connectivity index is 1.31. The summed E-state index contributed by atoms with van der Waals surface area (Å²) in [5, 5.41) is 0. The van der Waals surface area contributed by atoms with Gasteiger partial charge in [-0.3, -0.25) is 24.5 Å². The molecule has 3 aromatic rings. The number of piperazine rings is 1. The molecule has 1 amide bonds. The van der Waals surface area contributed by atoms with Crippen LogP contribution in [0.5, 0.6) is 0 Å². The van der Waals surface area contributed by atoms with E-state index < -0.39 is 11.4 Å². The molecule has 0 unspecified atom stereocenters. The van der Waals surface area contributed by atoms with Gasteiger partial charge in [0.05, 0.1) is 16.7 Å². The number of nitrogens with one attached hydrogen (secondary N) is 1. The van der Waals surface area contributed by atoms with Crippen LogP contribution in [0.2, 0.25) is 0 Å². The van der Waals surface area contributed by atoms with E-state index in [0.717, 1.165) is 18.4 Å². The quantitative estimate of drug-likeness (QED) is 0.727. The molecular formula is C20H19FN6O2. The molecule has 1 aliphatic heterocycles. The van der Waals surface area contributed by atoms with Crippen molar-refractivity contribution < 1.29 is 9.18 Å². The Hall–Kier alpha value is -3.36. The number of carbonyl (C=O) groups excluding carboxylic acids is 1. The minimum absolute atomic E-state index is 0.0509. The molecule has 5 rings (SSSR count). The van der Waals surface area contributed by atoms with E-state index in [1.807, 2.05) is 4.90 Å². The number of carbonyl (C=O) groups is 1. The number of aromatic amines is 1. The summed E-state index contributed by atoms with van der Waals surface area (Å²) in [4.78, 5) is 43.8. The topological polar surface area (TPSA) is 95.1 Å². The normalized spacial score (nSPS) is 17.0. The van der Waals surface area contributed by atoms with Gasteiger partial charge in [0.25, 0.3) is 11.5 Å². The molecule has 1 aliphatic carbocycles. The minimum atomic E-state index is -0.774. The Morgan fingerprint density at radius 1 is 1.07 bits per heavy atom. The number of halogens is 1. The van der Waals surface area contributed by atoms with Crippen LogP contribution in [0, 0.1) is 5.82 Å². The summed E-state index contributed by atoms with van der Waals surface area (Å²) in [6.07, 6.45) is 4.95. The average molecular weight is 394 g/mol. The van der Waals surface area contributed by atoms with Crippen molar-refractivity contribution >= 4 is 22.9 Å². The first kappa shape index (κ1) is 17.7. The summed E-state index contributed by atoms with van der Waals surface area (Å²) >= 11 is 0. The SMILES string of the molecule is O=C(c1ccc2nccnc2c1)N1CCN(c2nc(C3CC3)c(F)c(=O)[nH]2)CC1. The number of nitrogens with zero attached hydrogens (tertiary/aromatic N) is 5. The molecule has 2 aliphatic rings. The van der Waals surface area contributed by atoms with Crippen molar-refractivity contribution in [1.82, 2.24) is 24.8 Å². The number of aromatic nitrogens is 4. The predicted octanol–water partition coefficient (Wildman–Crippen LogP) is 1.69. The molecule has 0 atom stereocenters. The van der Waals surface area contributed by atoms with Crippen molar-refractivity contribution in [3.8, 4) is 0 Å². The van der Waals surface area contributed by atoms with Crippen molar-refractivity contribution in [2.75, 3.05) is 31.1 Å². The molecule has 1 aromatic carbocycles. The summed E-state index contributed by atoms with van der Waals surface area (Å²) in [7, 11) is 0. The Morgan fingerprint density at radius 2 is 1.79 bits per heavy atom. The van der Waals surface area contributed by atoms with E-state index in [4.69, 9.17) is 0 Å². The summed E-state index contributed by atoms with van der Waals surface area (Å²) in [5.41, 5.74) is 1.52. The molecule has 3 heterocycles. The standard InChI is InChI=1S/C20H19FN6O2/c21-16-17(12-1-2-12)24-20(25-18(16)28)27-9-7-26(8-10-27)19(29)13-3-4-14-15(11-13)23-6-5-22-14/h3-6,11-12H,1-2,7-10H2,(H,24,25,28). The summed E-state index contributed by atoms with van der Waals surface area (Å²) in [6.45, 7) is 1.99. The number of fused-ring (bicyclic) bond motifs is 1. The van der Waals surface area contributed by atoms with Crippen molar-refractivity contribution in [3.05, 3.63) is 58.0 Å². The fraction of sp³-hybridized carbons (Fsp3) is 0.350. The van der Waals surface area contributed by atoms with Crippen molar-refractivity contribution in [2.24, 2.45) is 0 Å². The van der Waals surface area contributed by atoms with Crippen LogP contribution < -0.4 is 10.5 Å². The van der Waals surface area contributed by atoms with E-state index >= 15 is 0 Å². The highest BCUT2D eigenvalue weighted by Crippen LogP contribution is 2.39. The molecular weight excluding hydrogens is 375 g/mol. The molecule has 2 aromatic heterocycles. The van der Waals surface area contributed by atoms with Gasteiger partial charge in [-0.15, -0.1) is 0 Å². The van der Waals surface area contributed by atoms with Gasteiger partial charge in [0, 0.05) is 50.1 Å². The lowest BCUT2D eigenvalue weighted by Gasteiger charge is -2.35. The summed E-state index contributed by atoms with van der Waals surface area (Å²) in [5.74, 6) is -0.415. The Kier molecular flexibility index (Phi) is 4.22. The van der Waals surface area contributed by atoms with Crippen LogP contribution in [0.15, 0.2) is 35.4 Å². The predicted molar refractivity (Wildman–Crippen MR) is 104 cm³/mol. The van der Waals surface area contributed by atoms with Crippen molar-refractivity contribution in [1.29, 1.82) is 0 Å². The van der Waals surface area contributed by atoms with Crippen LogP contribution in [0.3, 0.4) is 0 Å². The zero-order valence-corrected chi connectivity index (χ0v) is 15.6. The molecule has 0 radical (unpaired) electrons. The van der Waals surface area contributed by atoms with E-state index in [0.29, 0.717) is 43.2 Å². The molecule has 1 N–H and O–H groups in total. The lowest BCUT2D eigenvalue weighted by atomic mass is 10.1. The summed E-state index contributed by atoms with van der Waals surface area (Å²) in [6, 6.07) is 5.29. The first-order valence-corrected chi connectivity index (χ1v) is 9.65. The number of hydrogen-bond acceptors (Lipinski definition) is 6. The third-order valence-electron chi connectivity index (χ3n) is 5.42. The lowest BCUT2D eigenvalue weighted by Crippen LogP contribution is -2.49.